The first-order chi connectivity index (χ1) is 15.4. The van der Waals surface area contributed by atoms with E-state index in [-0.39, 0.29) is 11.6 Å². The minimum absolute atomic E-state index is 0.0421. The van der Waals surface area contributed by atoms with E-state index in [9.17, 15) is 14.0 Å². The highest BCUT2D eigenvalue weighted by Crippen LogP contribution is 2.37. The first-order valence-electron chi connectivity index (χ1n) is 10.2. The van der Waals surface area contributed by atoms with E-state index in [1.165, 1.54) is 17.0 Å². The predicted molar refractivity (Wildman–Crippen MR) is 119 cm³/mol. The number of rotatable bonds is 7. The van der Waals surface area contributed by atoms with E-state index in [4.69, 9.17) is 21.1 Å². The third-order valence-corrected chi connectivity index (χ3v) is 5.86. The quantitative estimate of drug-likeness (QED) is 0.423. The second-order valence-electron chi connectivity index (χ2n) is 7.37. The van der Waals surface area contributed by atoms with Crippen LogP contribution >= 0.6 is 11.6 Å². The molecule has 164 valence electrons. The number of hydrogen-bond donors (Lipinski definition) is 0. The molecule has 0 spiro atoms. The summed E-state index contributed by atoms with van der Waals surface area (Å²) >= 11 is 6.39. The number of carbonyl (C=O) groups excluding carboxylic acids is 2. The maximum Gasteiger partial charge on any atom is 0.262 e. The fraction of sp³-hybridized carbons (Fsp3) is 0.200. The van der Waals surface area contributed by atoms with Crippen LogP contribution in [0.2, 0.25) is 5.02 Å². The van der Waals surface area contributed by atoms with Gasteiger partial charge in [-0.25, -0.2) is 4.39 Å². The summed E-state index contributed by atoms with van der Waals surface area (Å²) in [6.45, 7) is 1.88. The minimum Gasteiger partial charge on any atom is -0.497 e. The van der Waals surface area contributed by atoms with Gasteiger partial charge in [0.25, 0.3) is 11.8 Å². The topological polar surface area (TPSA) is 55.8 Å². The lowest BCUT2D eigenvalue weighted by Gasteiger charge is -2.28. The molecule has 32 heavy (non-hydrogen) atoms. The molecule has 1 heterocycles. The summed E-state index contributed by atoms with van der Waals surface area (Å²) in [6.07, 6.45) is 0.390. The number of fused-ring (bicyclic) bond motifs is 1. The number of hydrogen-bond acceptors (Lipinski definition) is 4. The van der Waals surface area contributed by atoms with Gasteiger partial charge in [0.15, 0.2) is 0 Å². The highest BCUT2D eigenvalue weighted by atomic mass is 35.5. The SMILES string of the molecule is CCC(c1cc(F)cc(Cl)c1COc1ccc(OC)cc1)N1C(=O)c2ccccc2C1=O. The maximum absolute atomic E-state index is 14.4. The summed E-state index contributed by atoms with van der Waals surface area (Å²) in [5.41, 5.74) is 1.65. The van der Waals surface area contributed by atoms with Crippen molar-refractivity contribution < 1.29 is 23.5 Å². The van der Waals surface area contributed by atoms with Crippen molar-refractivity contribution in [3.63, 3.8) is 0 Å². The van der Waals surface area contributed by atoms with Crippen LogP contribution in [0.15, 0.2) is 60.7 Å². The van der Waals surface area contributed by atoms with E-state index < -0.39 is 23.7 Å². The van der Waals surface area contributed by atoms with Crippen LogP contribution in [0.25, 0.3) is 0 Å². The molecule has 1 aliphatic rings. The average Bonchev–Trinajstić information content (AvgIpc) is 3.05. The van der Waals surface area contributed by atoms with Crippen LogP contribution in [0.5, 0.6) is 11.5 Å². The Morgan fingerprint density at radius 1 is 0.969 bits per heavy atom. The summed E-state index contributed by atoms with van der Waals surface area (Å²) in [5, 5.41) is 0.170. The predicted octanol–water partition coefficient (Wildman–Crippen LogP) is 5.81. The second kappa shape index (κ2) is 9.01. The molecule has 0 aromatic heterocycles. The molecule has 0 N–H and O–H groups in total. The molecule has 5 nitrogen and oxygen atoms in total. The lowest BCUT2D eigenvalue weighted by atomic mass is 9.97. The highest BCUT2D eigenvalue weighted by Gasteiger charge is 2.40. The summed E-state index contributed by atoms with van der Waals surface area (Å²) in [7, 11) is 1.57. The Morgan fingerprint density at radius 2 is 1.56 bits per heavy atom. The first kappa shape index (κ1) is 21.8. The molecule has 4 rings (SSSR count). The van der Waals surface area contributed by atoms with E-state index >= 15 is 0 Å². The summed E-state index contributed by atoms with van der Waals surface area (Å²) < 4.78 is 25.4. The van der Waals surface area contributed by atoms with Crippen molar-refractivity contribution in [3.8, 4) is 11.5 Å². The molecular weight excluding hydrogens is 433 g/mol. The van der Waals surface area contributed by atoms with E-state index in [1.54, 1.807) is 55.6 Å². The Morgan fingerprint density at radius 3 is 2.12 bits per heavy atom. The number of nitrogens with zero attached hydrogens (tertiary/aromatic N) is 1. The zero-order valence-corrected chi connectivity index (χ0v) is 18.4. The van der Waals surface area contributed by atoms with Crippen LogP contribution in [0.4, 0.5) is 4.39 Å². The summed E-state index contributed by atoms with van der Waals surface area (Å²) in [5.74, 6) is -0.0894. The van der Waals surface area contributed by atoms with Gasteiger partial charge in [-0.1, -0.05) is 30.7 Å². The molecule has 0 bridgehead atoms. The monoisotopic (exact) mass is 453 g/mol. The molecule has 2 amide bonds. The largest absolute Gasteiger partial charge is 0.497 e. The van der Waals surface area contributed by atoms with Crippen molar-refractivity contribution in [3.05, 3.63) is 93.8 Å². The number of imide groups is 1. The van der Waals surface area contributed by atoms with Crippen molar-refractivity contribution >= 4 is 23.4 Å². The fourth-order valence-electron chi connectivity index (χ4n) is 3.93. The number of methoxy groups -OCH3 is 1. The molecule has 1 unspecified atom stereocenters. The van der Waals surface area contributed by atoms with Gasteiger partial charge in [0.2, 0.25) is 0 Å². The standard InChI is InChI=1S/C25H21ClFNO4/c1-3-23(28-24(29)18-6-4-5-7-19(18)25(28)30)20-12-15(27)13-22(26)21(20)14-32-17-10-8-16(31-2)9-11-17/h4-13,23H,3,14H2,1-2H3. The van der Waals surface area contributed by atoms with Gasteiger partial charge in [-0.2, -0.15) is 0 Å². The van der Waals surface area contributed by atoms with Crippen LogP contribution < -0.4 is 9.47 Å². The van der Waals surface area contributed by atoms with Crippen molar-refractivity contribution in [2.75, 3.05) is 7.11 Å². The Balaban J connectivity index is 1.69. The van der Waals surface area contributed by atoms with Gasteiger partial charge < -0.3 is 9.47 Å². The van der Waals surface area contributed by atoms with Crippen molar-refractivity contribution in [1.82, 2.24) is 4.90 Å². The molecule has 0 aliphatic carbocycles. The van der Waals surface area contributed by atoms with Crippen LogP contribution in [0.1, 0.15) is 51.2 Å². The number of halogens is 2. The van der Waals surface area contributed by atoms with Crippen LogP contribution in [0, 0.1) is 5.82 Å². The average molecular weight is 454 g/mol. The molecule has 0 fully saturated rings. The van der Waals surface area contributed by atoms with E-state index in [1.807, 2.05) is 6.92 Å². The van der Waals surface area contributed by atoms with Gasteiger partial charge in [-0.15, -0.1) is 0 Å². The Bertz CT molecular complexity index is 1140. The Labute approximate surface area is 190 Å². The normalized spacial score (nSPS) is 13.8. The molecule has 7 heteroatoms. The molecule has 0 saturated carbocycles. The second-order valence-corrected chi connectivity index (χ2v) is 7.78. The Kier molecular flexibility index (Phi) is 6.15. The van der Waals surface area contributed by atoms with Gasteiger partial charge in [0, 0.05) is 5.56 Å². The third kappa shape index (κ3) is 3.94. The van der Waals surface area contributed by atoms with Gasteiger partial charge in [0.1, 0.15) is 23.9 Å². The van der Waals surface area contributed by atoms with Crippen LogP contribution in [-0.4, -0.2) is 23.8 Å². The molecule has 3 aromatic carbocycles. The summed E-state index contributed by atoms with van der Waals surface area (Å²) in [4.78, 5) is 27.3. The van der Waals surface area contributed by atoms with Crippen LogP contribution in [-0.2, 0) is 6.61 Å². The van der Waals surface area contributed by atoms with Gasteiger partial charge >= 0.3 is 0 Å². The lowest BCUT2D eigenvalue weighted by molar-refractivity contribution is 0.0576. The number of benzene rings is 3. The number of carbonyl (C=O) groups is 2. The Hall–Kier alpha value is -3.38. The lowest BCUT2D eigenvalue weighted by Crippen LogP contribution is -2.34. The molecule has 1 atom stereocenters. The van der Waals surface area contributed by atoms with Crippen molar-refractivity contribution in [2.45, 2.75) is 26.0 Å². The number of amides is 2. The van der Waals surface area contributed by atoms with Gasteiger partial charge in [0.05, 0.1) is 29.3 Å². The zero-order valence-electron chi connectivity index (χ0n) is 17.6. The fourth-order valence-corrected chi connectivity index (χ4v) is 4.20. The molecule has 0 radical (unpaired) electrons. The molecule has 1 aliphatic heterocycles. The van der Waals surface area contributed by atoms with Crippen molar-refractivity contribution in [1.29, 1.82) is 0 Å². The van der Waals surface area contributed by atoms with E-state index in [0.29, 0.717) is 40.2 Å². The van der Waals surface area contributed by atoms with E-state index in [0.717, 1.165) is 0 Å². The minimum atomic E-state index is -0.690. The third-order valence-electron chi connectivity index (χ3n) is 5.52. The highest BCUT2D eigenvalue weighted by molar-refractivity contribution is 6.31. The summed E-state index contributed by atoms with van der Waals surface area (Å²) in [6, 6.07) is 15.5. The van der Waals surface area contributed by atoms with Gasteiger partial charge in [-0.05, 0) is 60.5 Å². The molecule has 3 aromatic rings. The first-order valence-corrected chi connectivity index (χ1v) is 10.5. The van der Waals surface area contributed by atoms with Crippen LogP contribution in [0.3, 0.4) is 0 Å². The van der Waals surface area contributed by atoms with E-state index in [2.05, 4.69) is 0 Å². The molecule has 0 saturated heterocycles. The smallest absolute Gasteiger partial charge is 0.262 e. The number of ether oxygens (including phenoxy) is 2. The molecular formula is C25H21ClFNO4. The van der Waals surface area contributed by atoms with Crippen molar-refractivity contribution in [2.24, 2.45) is 0 Å². The maximum atomic E-state index is 14.4. The zero-order chi connectivity index (χ0) is 22.8. The van der Waals surface area contributed by atoms with Gasteiger partial charge in [-0.3, -0.25) is 14.5 Å².